The minimum absolute atomic E-state index is 0. The molecule has 10 rings (SSSR count). The Kier molecular flexibility index (Phi) is 18.8. The van der Waals surface area contributed by atoms with Crippen LogP contribution >= 0.6 is 0 Å². The van der Waals surface area contributed by atoms with Crippen molar-refractivity contribution in [3.63, 3.8) is 0 Å². The number of benzene rings is 6. The Hall–Kier alpha value is -7.57. The van der Waals surface area contributed by atoms with E-state index >= 15 is 0 Å². The molecular weight excluding hydrogens is 1180 g/mol. The monoisotopic (exact) mass is 1250 g/mol. The quantitative estimate of drug-likeness (QED) is 0.0634. The number of pyridine rings is 3. The molecule has 1 aliphatic rings. The number of rotatable bonds is 18. The molecule has 1 saturated carbocycles. The summed E-state index contributed by atoms with van der Waals surface area (Å²) >= 11 is 0. The van der Waals surface area contributed by atoms with Crippen molar-refractivity contribution in [1.82, 2.24) is 15.0 Å². The predicted octanol–water partition coefficient (Wildman–Crippen LogP) is 19.6. The van der Waals surface area contributed by atoms with Gasteiger partial charge in [0.25, 0.3) is 0 Å². The van der Waals surface area contributed by atoms with Crippen LogP contribution in [0.1, 0.15) is 98.3 Å². The van der Waals surface area contributed by atoms with Crippen LogP contribution in [0.5, 0.6) is 0 Å². The van der Waals surface area contributed by atoms with Gasteiger partial charge in [0.15, 0.2) is 0 Å². The molecule has 0 unspecified atom stereocenters. The smallest absolute Gasteiger partial charge is 0.309 e. The molecule has 3 heterocycles. The summed E-state index contributed by atoms with van der Waals surface area (Å²) in [5.41, 5.74) is 18.2. The zero-order chi connectivity index (χ0) is 56.6. The van der Waals surface area contributed by atoms with Gasteiger partial charge in [-0.3, -0.25) is 0 Å². The van der Waals surface area contributed by atoms with Gasteiger partial charge in [-0.25, -0.2) is 0 Å². The van der Waals surface area contributed by atoms with E-state index in [1.54, 1.807) is 0 Å². The predicted molar refractivity (Wildman–Crippen MR) is 340 cm³/mol. The van der Waals surface area contributed by atoms with Crippen molar-refractivity contribution in [3.05, 3.63) is 217 Å². The van der Waals surface area contributed by atoms with E-state index in [4.69, 9.17) is 29.9 Å². The van der Waals surface area contributed by atoms with Gasteiger partial charge in [0.2, 0.25) is 0 Å². The first-order valence-electron chi connectivity index (χ1n) is 28.9. The zero-order valence-electron chi connectivity index (χ0n) is 49.0. The third-order valence-corrected chi connectivity index (χ3v) is 15.3. The fourth-order valence-corrected chi connectivity index (χ4v) is 12.3. The molecule has 82 heavy (non-hydrogen) atoms. The second-order valence-corrected chi connectivity index (χ2v) is 24.7. The van der Waals surface area contributed by atoms with Gasteiger partial charge in [-0.15, -0.1) is 89.5 Å². The summed E-state index contributed by atoms with van der Waals surface area (Å²) in [7, 11) is 0. The number of aromatic nitrogens is 3. The molecule has 6 nitrogen and oxygen atoms in total. The van der Waals surface area contributed by atoms with Crippen molar-refractivity contribution in [2.45, 2.75) is 101 Å². The molecule has 9 aromatic rings. The van der Waals surface area contributed by atoms with Crippen molar-refractivity contribution >= 4 is 35.7 Å². The molecule has 0 radical (unpaired) electrons. The maximum Gasteiger partial charge on any atom is 3.00 e. The van der Waals surface area contributed by atoms with Gasteiger partial charge < -0.3 is 29.9 Å². The SMILES string of the molecule is CC(C)Cc1cc(-c2[c-]cc(N=CC3(C)CC(C)(C=Nc4c[c-]c(-c5cc(CC(C)C)c(-c6ccccc6)cn5)cc4)CC(C)(C=Nc4c[c-]c(-c5cc(CC(C)C)c(-c6ccccc6)cn5)cc4)C3)cc2)ncc1-c1ccccc1.[Ir+3]. The van der Waals surface area contributed by atoms with Crippen molar-refractivity contribution in [3.8, 4) is 67.2 Å². The number of aliphatic imine (C=N–C) groups is 3. The van der Waals surface area contributed by atoms with Crippen LogP contribution in [0.4, 0.5) is 17.1 Å². The molecule has 6 aromatic carbocycles. The van der Waals surface area contributed by atoms with E-state index in [-0.39, 0.29) is 36.4 Å². The number of nitrogens with zero attached hydrogens (tertiary/aromatic N) is 6. The van der Waals surface area contributed by atoms with E-state index in [1.165, 1.54) is 50.1 Å². The fourth-order valence-electron chi connectivity index (χ4n) is 12.3. The first-order valence-corrected chi connectivity index (χ1v) is 28.9. The minimum atomic E-state index is -0.304. The molecule has 1 aliphatic carbocycles. The van der Waals surface area contributed by atoms with Gasteiger partial charge in [0.1, 0.15) is 0 Å². The molecule has 0 spiro atoms. The van der Waals surface area contributed by atoms with E-state index in [1.807, 2.05) is 36.8 Å². The van der Waals surface area contributed by atoms with Gasteiger partial charge in [-0.2, -0.15) is 0 Å². The largest absolute Gasteiger partial charge is 3.00 e. The van der Waals surface area contributed by atoms with Gasteiger partial charge in [-0.1, -0.05) is 172 Å². The Bertz CT molecular complexity index is 3250. The van der Waals surface area contributed by atoms with Crippen molar-refractivity contribution in [2.75, 3.05) is 0 Å². The summed E-state index contributed by atoms with van der Waals surface area (Å²) in [6.07, 6.45) is 18.0. The van der Waals surface area contributed by atoms with Crippen molar-refractivity contribution in [2.24, 2.45) is 49.0 Å². The average Bonchev–Trinajstić information content (AvgIpc) is 3.43. The van der Waals surface area contributed by atoms with E-state index in [9.17, 15) is 0 Å². The number of hydrogen-bond acceptors (Lipinski definition) is 6. The summed E-state index contributed by atoms with van der Waals surface area (Å²) in [6, 6.07) is 67.5. The van der Waals surface area contributed by atoms with Crippen molar-refractivity contribution in [1.29, 1.82) is 0 Å². The van der Waals surface area contributed by atoms with Crippen LogP contribution in [0.25, 0.3) is 67.2 Å². The van der Waals surface area contributed by atoms with Crippen LogP contribution in [-0.4, -0.2) is 33.6 Å². The fraction of sp³-hybridized carbons (Fsp3) is 0.280. The molecule has 0 bridgehead atoms. The van der Waals surface area contributed by atoms with Crippen molar-refractivity contribution < 1.29 is 20.1 Å². The molecule has 0 N–H and O–H groups in total. The molecule has 3 aromatic heterocycles. The van der Waals surface area contributed by atoms with Crippen LogP contribution in [0.3, 0.4) is 0 Å². The summed E-state index contributed by atoms with van der Waals surface area (Å²) in [4.78, 5) is 30.4. The molecule has 0 amide bonds. The maximum atomic E-state index is 5.19. The summed E-state index contributed by atoms with van der Waals surface area (Å²) in [5, 5.41) is 0. The summed E-state index contributed by atoms with van der Waals surface area (Å²) in [6.45, 7) is 20.6. The molecule has 7 heteroatoms. The van der Waals surface area contributed by atoms with E-state index in [0.717, 1.165) is 89.4 Å². The Morgan fingerprint density at radius 2 is 0.671 bits per heavy atom. The number of hydrogen-bond donors (Lipinski definition) is 0. The van der Waals surface area contributed by atoms with Crippen LogP contribution < -0.4 is 0 Å². The Morgan fingerprint density at radius 1 is 0.402 bits per heavy atom. The molecule has 1 fully saturated rings. The van der Waals surface area contributed by atoms with E-state index in [2.05, 4.69) is 245 Å². The maximum absolute atomic E-state index is 5.19. The van der Waals surface area contributed by atoms with Crippen LogP contribution in [0, 0.1) is 52.2 Å². The minimum Gasteiger partial charge on any atom is -0.309 e. The first-order chi connectivity index (χ1) is 39.1. The van der Waals surface area contributed by atoms with Gasteiger partial charge >= 0.3 is 20.1 Å². The van der Waals surface area contributed by atoms with Gasteiger partial charge in [0.05, 0.1) is 0 Å². The Balaban J connectivity index is 0.00000810. The Morgan fingerprint density at radius 3 is 0.902 bits per heavy atom. The molecule has 0 saturated heterocycles. The molecule has 0 atom stereocenters. The molecule has 414 valence electrons. The van der Waals surface area contributed by atoms with Crippen LogP contribution in [0.15, 0.2) is 197 Å². The standard InChI is InChI=1S/C75H75N6.Ir/c1-52(2)37-61-40-70(76-43-67(61)55-19-13-10-14-20-55)58-25-31-64(32-26-58)79-49-73(7)46-74(8,50-80-65-33-27-59(28-34-65)71-41-62(38-53(3)4)68(44-77-71)56-21-15-11-16-22-56)48-75(9,47-73)51-81-66-35-29-60(30-36-66)72-42-63(39-54(5)6)69(45-78-72)57-23-17-12-18-24-57;/h10-25,27,29,31-36,40-45,49-54H,37-39,46-48H2,1-9H3;/q-3;+3. The normalized spacial score (nSPS) is 18.3. The Labute approximate surface area is 501 Å². The van der Waals surface area contributed by atoms with E-state index in [0.29, 0.717) is 17.8 Å². The van der Waals surface area contributed by atoms with Gasteiger partial charge in [-0.05, 0) is 142 Å². The van der Waals surface area contributed by atoms with Crippen LogP contribution in [0.2, 0.25) is 0 Å². The second-order valence-electron chi connectivity index (χ2n) is 24.7. The topological polar surface area (TPSA) is 75.8 Å². The summed E-state index contributed by atoms with van der Waals surface area (Å²) in [5.74, 6) is 1.52. The molecule has 0 aliphatic heterocycles. The zero-order valence-corrected chi connectivity index (χ0v) is 51.4. The third-order valence-electron chi connectivity index (χ3n) is 15.3. The summed E-state index contributed by atoms with van der Waals surface area (Å²) < 4.78 is 0. The first kappa shape index (κ1) is 59.1. The van der Waals surface area contributed by atoms with Crippen LogP contribution in [-0.2, 0) is 39.4 Å². The average molecular weight is 1250 g/mol. The second kappa shape index (κ2) is 26.1. The van der Waals surface area contributed by atoms with Gasteiger partial charge in [0, 0.05) is 51.5 Å². The molecular formula is C75H75IrN6. The third kappa shape index (κ3) is 14.9. The van der Waals surface area contributed by atoms with E-state index < -0.39 is 0 Å².